The first-order valence-electron chi connectivity index (χ1n) is 8.38. The van der Waals surface area contributed by atoms with Crippen LogP contribution in [0, 0.1) is 20.8 Å². The standard InChI is InChI=1S/C19H22F3NO2S3/c1-12-9-13(2)18(14(3)10-12)28(24,25)23-17(19(20,21)22)11-27-16-7-5-15(26-4)6-8-16/h5-10,17,23H,11H2,1-4H3. The van der Waals surface area contributed by atoms with Crippen LogP contribution in [0.1, 0.15) is 16.7 Å². The second kappa shape index (κ2) is 9.11. The highest BCUT2D eigenvalue weighted by Gasteiger charge is 2.42. The third-order valence-electron chi connectivity index (χ3n) is 4.04. The molecular weight excluding hydrogens is 427 g/mol. The third-order valence-corrected chi connectivity index (χ3v) is 7.67. The van der Waals surface area contributed by atoms with Crippen LogP contribution >= 0.6 is 23.5 Å². The third kappa shape index (κ3) is 5.92. The minimum Gasteiger partial charge on any atom is -0.207 e. The number of thioether (sulfide) groups is 2. The summed E-state index contributed by atoms with van der Waals surface area (Å²) >= 11 is 2.50. The first-order chi connectivity index (χ1) is 12.9. The van der Waals surface area contributed by atoms with Gasteiger partial charge in [0.2, 0.25) is 10.0 Å². The number of rotatable bonds is 7. The van der Waals surface area contributed by atoms with E-state index in [4.69, 9.17) is 0 Å². The van der Waals surface area contributed by atoms with Crippen LogP contribution in [-0.4, -0.2) is 32.6 Å². The molecule has 0 aliphatic carbocycles. The Morgan fingerprint density at radius 3 is 1.96 bits per heavy atom. The molecule has 0 radical (unpaired) electrons. The summed E-state index contributed by atoms with van der Waals surface area (Å²) in [6.45, 7) is 4.97. The molecule has 0 spiro atoms. The Morgan fingerprint density at radius 2 is 1.50 bits per heavy atom. The molecule has 0 saturated carbocycles. The summed E-state index contributed by atoms with van der Waals surface area (Å²) in [7, 11) is -4.32. The number of sulfonamides is 1. The topological polar surface area (TPSA) is 46.2 Å². The van der Waals surface area contributed by atoms with Crippen molar-refractivity contribution in [1.29, 1.82) is 0 Å². The molecule has 0 aliphatic heterocycles. The maximum atomic E-state index is 13.5. The summed E-state index contributed by atoms with van der Waals surface area (Å²) < 4.78 is 67.8. The van der Waals surface area contributed by atoms with Crippen LogP contribution in [0.5, 0.6) is 0 Å². The van der Waals surface area contributed by atoms with Gasteiger partial charge in [0.15, 0.2) is 0 Å². The summed E-state index contributed by atoms with van der Waals surface area (Å²) in [5.74, 6) is -0.453. The van der Waals surface area contributed by atoms with Crippen LogP contribution in [0.4, 0.5) is 13.2 Å². The van der Waals surface area contributed by atoms with E-state index in [0.29, 0.717) is 16.0 Å². The average Bonchev–Trinajstić information content (AvgIpc) is 2.56. The van der Waals surface area contributed by atoms with Gasteiger partial charge in [0, 0.05) is 15.5 Å². The number of nitrogens with one attached hydrogen (secondary N) is 1. The summed E-state index contributed by atoms with van der Waals surface area (Å²) in [4.78, 5) is 1.55. The number of aryl methyl sites for hydroxylation is 3. The van der Waals surface area contributed by atoms with Crippen LogP contribution in [0.25, 0.3) is 0 Å². The van der Waals surface area contributed by atoms with Gasteiger partial charge in [0.05, 0.1) is 4.90 Å². The summed E-state index contributed by atoms with van der Waals surface area (Å²) in [6, 6.07) is 8.19. The van der Waals surface area contributed by atoms with Crippen molar-refractivity contribution in [3.63, 3.8) is 0 Å². The minimum absolute atomic E-state index is 0.0957. The zero-order chi connectivity index (χ0) is 21.1. The average molecular weight is 450 g/mol. The maximum Gasteiger partial charge on any atom is 0.405 e. The maximum absolute atomic E-state index is 13.5. The van der Waals surface area contributed by atoms with Crippen LogP contribution in [0.15, 0.2) is 51.1 Å². The van der Waals surface area contributed by atoms with E-state index in [1.54, 1.807) is 45.0 Å². The number of alkyl halides is 3. The van der Waals surface area contributed by atoms with Gasteiger partial charge in [-0.15, -0.1) is 23.5 Å². The molecule has 0 bridgehead atoms. The smallest absolute Gasteiger partial charge is 0.207 e. The minimum atomic E-state index is -4.70. The van der Waals surface area contributed by atoms with Gasteiger partial charge in [0.1, 0.15) is 6.04 Å². The second-order valence-electron chi connectivity index (χ2n) is 6.43. The zero-order valence-electron chi connectivity index (χ0n) is 15.9. The van der Waals surface area contributed by atoms with Crippen LogP contribution in [0.3, 0.4) is 0 Å². The fourth-order valence-electron chi connectivity index (χ4n) is 2.88. The largest absolute Gasteiger partial charge is 0.405 e. The normalized spacial score (nSPS) is 13.5. The molecule has 9 heteroatoms. The van der Waals surface area contributed by atoms with Crippen LogP contribution in [0.2, 0.25) is 0 Å². The molecule has 0 saturated heterocycles. The van der Waals surface area contributed by atoms with Crippen molar-refractivity contribution in [2.75, 3.05) is 12.0 Å². The number of hydrogen-bond donors (Lipinski definition) is 1. The Kier molecular flexibility index (Phi) is 7.52. The predicted octanol–water partition coefficient (Wildman–Crippen LogP) is 5.34. The van der Waals surface area contributed by atoms with Gasteiger partial charge in [-0.3, -0.25) is 0 Å². The molecule has 1 unspecified atom stereocenters. The highest BCUT2D eigenvalue weighted by molar-refractivity contribution is 7.99. The van der Waals surface area contributed by atoms with Gasteiger partial charge < -0.3 is 0 Å². The summed E-state index contributed by atoms with van der Waals surface area (Å²) in [6.07, 6.45) is -2.79. The van der Waals surface area contributed by atoms with Gasteiger partial charge in [-0.1, -0.05) is 17.7 Å². The van der Waals surface area contributed by atoms with Gasteiger partial charge in [-0.2, -0.15) is 17.9 Å². The monoisotopic (exact) mass is 449 g/mol. The van der Waals surface area contributed by atoms with Crippen molar-refractivity contribution < 1.29 is 21.6 Å². The van der Waals surface area contributed by atoms with Crippen molar-refractivity contribution in [3.8, 4) is 0 Å². The Hall–Kier alpha value is -1.16. The van der Waals surface area contributed by atoms with Gasteiger partial charge in [-0.05, 0) is 62.4 Å². The fourth-order valence-corrected chi connectivity index (χ4v) is 6.03. The lowest BCUT2D eigenvalue weighted by Gasteiger charge is -2.22. The number of halogens is 3. The Bertz CT molecular complexity index is 903. The molecular formula is C19H22F3NO2S3. The van der Waals surface area contributed by atoms with Crippen molar-refractivity contribution in [3.05, 3.63) is 53.1 Å². The highest BCUT2D eigenvalue weighted by Crippen LogP contribution is 2.30. The molecule has 3 nitrogen and oxygen atoms in total. The Morgan fingerprint density at radius 1 is 1.00 bits per heavy atom. The van der Waals surface area contributed by atoms with E-state index < -0.39 is 28.0 Å². The molecule has 0 fully saturated rings. The molecule has 2 aromatic carbocycles. The predicted molar refractivity (Wildman–Crippen MR) is 110 cm³/mol. The van der Waals surface area contributed by atoms with Crippen molar-refractivity contribution in [2.45, 2.75) is 47.7 Å². The molecule has 0 aromatic heterocycles. The summed E-state index contributed by atoms with van der Waals surface area (Å²) in [5, 5.41) is 0. The number of benzene rings is 2. The molecule has 154 valence electrons. The molecule has 0 heterocycles. The number of hydrogen-bond acceptors (Lipinski definition) is 4. The SMILES string of the molecule is CSc1ccc(SCC(NS(=O)(=O)c2c(C)cc(C)cc2C)C(F)(F)F)cc1. The van der Waals surface area contributed by atoms with Crippen molar-refractivity contribution in [1.82, 2.24) is 4.72 Å². The lowest BCUT2D eigenvalue weighted by atomic mass is 10.1. The van der Waals surface area contributed by atoms with Crippen molar-refractivity contribution >= 4 is 33.5 Å². The second-order valence-corrected chi connectivity index (χ2v) is 10.1. The van der Waals surface area contributed by atoms with Gasteiger partial charge in [-0.25, -0.2) is 8.42 Å². The van der Waals surface area contributed by atoms with Crippen LogP contribution in [-0.2, 0) is 10.0 Å². The van der Waals surface area contributed by atoms with Gasteiger partial charge in [0.25, 0.3) is 0 Å². The molecule has 1 atom stereocenters. The Balaban J connectivity index is 2.24. The quantitative estimate of drug-likeness (QED) is 0.580. The van der Waals surface area contributed by atoms with E-state index in [1.807, 2.05) is 23.1 Å². The molecule has 1 N–H and O–H groups in total. The van der Waals surface area contributed by atoms with Gasteiger partial charge >= 0.3 is 6.18 Å². The van der Waals surface area contributed by atoms with E-state index in [-0.39, 0.29) is 4.90 Å². The van der Waals surface area contributed by atoms with E-state index in [1.165, 1.54) is 11.8 Å². The fraction of sp³-hybridized carbons (Fsp3) is 0.368. The summed E-state index contributed by atoms with van der Waals surface area (Å²) in [5.41, 5.74) is 1.70. The molecule has 0 amide bonds. The molecule has 28 heavy (non-hydrogen) atoms. The Labute approximate surface area is 172 Å². The lowest BCUT2D eigenvalue weighted by Crippen LogP contribution is -2.47. The van der Waals surface area contributed by atoms with E-state index in [9.17, 15) is 21.6 Å². The zero-order valence-corrected chi connectivity index (χ0v) is 18.4. The molecule has 0 aliphatic rings. The van der Waals surface area contributed by atoms with E-state index in [0.717, 1.165) is 22.2 Å². The van der Waals surface area contributed by atoms with Crippen LogP contribution < -0.4 is 4.72 Å². The molecule has 2 rings (SSSR count). The van der Waals surface area contributed by atoms with Crippen molar-refractivity contribution in [2.24, 2.45) is 0 Å². The highest BCUT2D eigenvalue weighted by atomic mass is 32.2. The lowest BCUT2D eigenvalue weighted by molar-refractivity contribution is -0.145. The van der Waals surface area contributed by atoms with E-state index >= 15 is 0 Å². The first kappa shape index (κ1) is 23.1. The molecule has 2 aromatic rings. The first-order valence-corrected chi connectivity index (χ1v) is 12.1. The van der Waals surface area contributed by atoms with E-state index in [2.05, 4.69) is 0 Å².